The molecule has 1 saturated carbocycles. The van der Waals surface area contributed by atoms with Crippen molar-refractivity contribution in [2.24, 2.45) is 5.92 Å². The molecule has 0 radical (unpaired) electrons. The molecule has 3 rings (SSSR count). The third-order valence-electron chi connectivity index (χ3n) is 5.42. The number of carboxylic acid groups (broad SMARTS) is 1. The number of carbonyl (C=O) groups excluding carboxylic acids is 2. The Morgan fingerprint density at radius 1 is 1.08 bits per heavy atom. The number of hydrogen-bond acceptors (Lipinski definition) is 3. The number of rotatable bonds is 5. The summed E-state index contributed by atoms with van der Waals surface area (Å²) >= 11 is 0. The predicted octanol–water partition coefficient (Wildman–Crippen LogP) is 2.22. The van der Waals surface area contributed by atoms with Crippen molar-refractivity contribution in [3.05, 3.63) is 35.4 Å². The molecule has 1 saturated heterocycles. The van der Waals surface area contributed by atoms with Gasteiger partial charge < -0.3 is 15.3 Å². The van der Waals surface area contributed by atoms with Crippen LogP contribution >= 0.6 is 0 Å². The molecule has 1 heterocycles. The number of carboxylic acids is 1. The highest BCUT2D eigenvalue weighted by molar-refractivity contribution is 5.91. The van der Waals surface area contributed by atoms with E-state index in [1.165, 1.54) is 12.5 Å². The Kier molecular flexibility index (Phi) is 5.91. The van der Waals surface area contributed by atoms with Gasteiger partial charge in [0.15, 0.2) is 0 Å². The van der Waals surface area contributed by atoms with Crippen LogP contribution in [0.25, 0.3) is 0 Å². The molecule has 0 bridgehead atoms. The minimum Gasteiger partial charge on any atom is -0.478 e. The van der Waals surface area contributed by atoms with Crippen molar-refractivity contribution in [1.82, 2.24) is 10.2 Å². The zero-order valence-corrected chi connectivity index (χ0v) is 14.9. The van der Waals surface area contributed by atoms with Gasteiger partial charge in [0.1, 0.15) is 0 Å². The van der Waals surface area contributed by atoms with Gasteiger partial charge in [0.25, 0.3) is 0 Å². The van der Waals surface area contributed by atoms with E-state index in [0.29, 0.717) is 18.7 Å². The van der Waals surface area contributed by atoms with Gasteiger partial charge in [-0.25, -0.2) is 4.79 Å². The maximum absolute atomic E-state index is 12.6. The van der Waals surface area contributed by atoms with E-state index in [4.69, 9.17) is 0 Å². The Bertz CT molecular complexity index is 682. The van der Waals surface area contributed by atoms with Gasteiger partial charge in [-0.15, -0.1) is 0 Å². The van der Waals surface area contributed by atoms with E-state index in [0.717, 1.165) is 32.1 Å². The second-order valence-corrected chi connectivity index (χ2v) is 7.31. The van der Waals surface area contributed by atoms with E-state index in [9.17, 15) is 19.5 Å². The monoisotopic (exact) mass is 358 g/mol. The summed E-state index contributed by atoms with van der Waals surface area (Å²) in [5.74, 6) is -0.840. The van der Waals surface area contributed by atoms with Gasteiger partial charge in [0.2, 0.25) is 11.8 Å². The number of carbonyl (C=O) groups is 3. The third kappa shape index (κ3) is 4.42. The lowest BCUT2D eigenvalue weighted by molar-refractivity contribution is -0.135. The summed E-state index contributed by atoms with van der Waals surface area (Å²) in [4.78, 5) is 38.0. The van der Waals surface area contributed by atoms with Crippen molar-refractivity contribution in [3.8, 4) is 0 Å². The van der Waals surface area contributed by atoms with Crippen molar-refractivity contribution in [2.75, 3.05) is 13.1 Å². The van der Waals surface area contributed by atoms with E-state index in [-0.39, 0.29) is 35.8 Å². The highest BCUT2D eigenvalue weighted by Crippen LogP contribution is 2.26. The minimum absolute atomic E-state index is 0.0372. The first-order valence-electron chi connectivity index (χ1n) is 9.44. The Labute approximate surface area is 153 Å². The van der Waals surface area contributed by atoms with Crippen LogP contribution in [0.4, 0.5) is 0 Å². The third-order valence-corrected chi connectivity index (χ3v) is 5.42. The summed E-state index contributed by atoms with van der Waals surface area (Å²) in [5.41, 5.74) is 0.661. The number of hydrogen-bond donors (Lipinski definition) is 2. The Balaban J connectivity index is 1.51. The smallest absolute Gasteiger partial charge is 0.335 e. The summed E-state index contributed by atoms with van der Waals surface area (Å²) in [7, 11) is 0. The lowest BCUT2D eigenvalue weighted by atomic mass is 9.88. The lowest BCUT2D eigenvalue weighted by Crippen LogP contribution is -2.41. The van der Waals surface area contributed by atoms with E-state index in [1.807, 2.05) is 4.90 Å². The summed E-state index contributed by atoms with van der Waals surface area (Å²) in [5, 5.41) is 12.2. The van der Waals surface area contributed by atoms with Crippen LogP contribution < -0.4 is 5.32 Å². The first-order valence-corrected chi connectivity index (χ1v) is 9.44. The number of aromatic carboxylic acids is 1. The van der Waals surface area contributed by atoms with Gasteiger partial charge in [0.05, 0.1) is 12.0 Å². The summed E-state index contributed by atoms with van der Waals surface area (Å²) < 4.78 is 0. The van der Waals surface area contributed by atoms with E-state index >= 15 is 0 Å². The second-order valence-electron chi connectivity index (χ2n) is 7.31. The molecule has 2 aliphatic rings. The van der Waals surface area contributed by atoms with Crippen LogP contribution in [0.15, 0.2) is 24.3 Å². The molecular formula is C20H26N2O4. The van der Waals surface area contributed by atoms with Crippen molar-refractivity contribution < 1.29 is 19.5 Å². The van der Waals surface area contributed by atoms with Gasteiger partial charge in [0, 0.05) is 25.0 Å². The molecule has 1 aromatic rings. The number of nitrogens with one attached hydrogen (secondary N) is 1. The Morgan fingerprint density at radius 2 is 1.81 bits per heavy atom. The normalized spacial score (nSPS) is 20.8. The van der Waals surface area contributed by atoms with Crippen molar-refractivity contribution >= 4 is 17.8 Å². The van der Waals surface area contributed by atoms with Crippen LogP contribution in [0.5, 0.6) is 0 Å². The molecular weight excluding hydrogens is 332 g/mol. The van der Waals surface area contributed by atoms with E-state index < -0.39 is 5.97 Å². The molecule has 0 aromatic heterocycles. The predicted molar refractivity (Wildman–Crippen MR) is 96.8 cm³/mol. The first-order chi connectivity index (χ1) is 12.5. The van der Waals surface area contributed by atoms with Gasteiger partial charge in [-0.3, -0.25) is 9.59 Å². The molecule has 1 atom stereocenters. The number of benzene rings is 1. The molecule has 1 aliphatic carbocycles. The highest BCUT2D eigenvalue weighted by Gasteiger charge is 2.32. The molecule has 1 unspecified atom stereocenters. The zero-order chi connectivity index (χ0) is 18.5. The van der Waals surface area contributed by atoms with Gasteiger partial charge in [-0.2, -0.15) is 0 Å². The standard InChI is InChI=1S/C20H26N2O4/c23-18(12-15-8-4-5-9-17(15)20(25)26)21-16-10-11-22(13-16)19(24)14-6-2-1-3-7-14/h4-5,8-9,14,16H,1-3,6-7,10-13H2,(H,21,23)(H,25,26). The number of likely N-dealkylation sites (tertiary alicyclic amines) is 1. The average Bonchev–Trinajstić information content (AvgIpc) is 3.10. The summed E-state index contributed by atoms with van der Waals surface area (Å²) in [6.07, 6.45) is 6.25. The van der Waals surface area contributed by atoms with Gasteiger partial charge in [-0.05, 0) is 30.9 Å². The van der Waals surface area contributed by atoms with Crippen LogP contribution in [0, 0.1) is 5.92 Å². The molecule has 6 nitrogen and oxygen atoms in total. The summed E-state index contributed by atoms with van der Waals surface area (Å²) in [6, 6.07) is 6.50. The first kappa shape index (κ1) is 18.4. The SMILES string of the molecule is O=C(Cc1ccccc1C(=O)O)NC1CCN(C(=O)C2CCCCC2)C1. The van der Waals surface area contributed by atoms with Gasteiger partial charge >= 0.3 is 5.97 Å². The molecule has 1 aromatic carbocycles. The Morgan fingerprint density at radius 3 is 2.54 bits per heavy atom. The van der Waals surface area contributed by atoms with Crippen LogP contribution in [-0.2, 0) is 16.0 Å². The minimum atomic E-state index is -1.03. The van der Waals surface area contributed by atoms with Crippen molar-refractivity contribution in [3.63, 3.8) is 0 Å². The van der Waals surface area contributed by atoms with E-state index in [1.54, 1.807) is 18.2 Å². The van der Waals surface area contributed by atoms with Crippen LogP contribution in [0.3, 0.4) is 0 Å². The average molecular weight is 358 g/mol. The molecule has 2 amide bonds. The molecule has 26 heavy (non-hydrogen) atoms. The van der Waals surface area contributed by atoms with Crippen molar-refractivity contribution in [1.29, 1.82) is 0 Å². The molecule has 6 heteroatoms. The molecule has 1 aliphatic heterocycles. The van der Waals surface area contributed by atoms with Crippen molar-refractivity contribution in [2.45, 2.75) is 51.0 Å². The Hall–Kier alpha value is -2.37. The lowest BCUT2D eigenvalue weighted by Gasteiger charge is -2.26. The molecule has 2 N–H and O–H groups in total. The molecule has 0 spiro atoms. The maximum Gasteiger partial charge on any atom is 0.335 e. The van der Waals surface area contributed by atoms with Crippen LogP contribution in [0.2, 0.25) is 0 Å². The second kappa shape index (κ2) is 8.34. The van der Waals surface area contributed by atoms with E-state index in [2.05, 4.69) is 5.32 Å². The van der Waals surface area contributed by atoms with Gasteiger partial charge in [-0.1, -0.05) is 37.5 Å². The fourth-order valence-corrected chi connectivity index (χ4v) is 4.02. The largest absolute Gasteiger partial charge is 0.478 e. The van der Waals surface area contributed by atoms with Crippen LogP contribution in [0.1, 0.15) is 54.4 Å². The fourth-order valence-electron chi connectivity index (χ4n) is 4.02. The molecule has 2 fully saturated rings. The fraction of sp³-hybridized carbons (Fsp3) is 0.550. The van der Waals surface area contributed by atoms with Crippen LogP contribution in [-0.4, -0.2) is 46.9 Å². The highest BCUT2D eigenvalue weighted by atomic mass is 16.4. The topological polar surface area (TPSA) is 86.7 Å². The quantitative estimate of drug-likeness (QED) is 0.845. The zero-order valence-electron chi connectivity index (χ0n) is 14.9. The summed E-state index contributed by atoms with van der Waals surface area (Å²) in [6.45, 7) is 1.24. The number of nitrogens with zero attached hydrogens (tertiary/aromatic N) is 1. The maximum atomic E-state index is 12.6. The number of amides is 2. The molecule has 140 valence electrons.